The smallest absolute Gasteiger partial charge is 0.313 e. The molecule has 0 saturated heterocycles. The zero-order valence-corrected chi connectivity index (χ0v) is 9.26. The van der Waals surface area contributed by atoms with Crippen molar-refractivity contribution in [1.82, 2.24) is 9.97 Å². The summed E-state index contributed by atoms with van der Waals surface area (Å²) in [4.78, 5) is 27.1. The van der Waals surface area contributed by atoms with Crippen LogP contribution in [0.25, 0.3) is 11.1 Å². The summed E-state index contributed by atoms with van der Waals surface area (Å²) in [5.74, 6) is 0. The monoisotopic (exact) mass is 236 g/mol. The van der Waals surface area contributed by atoms with Gasteiger partial charge in [0.05, 0.1) is 5.56 Å². The Bertz CT molecular complexity index is 643. The fourth-order valence-corrected chi connectivity index (χ4v) is 1.77. The maximum absolute atomic E-state index is 11.6. The first-order valence-corrected chi connectivity index (χ1v) is 5.04. The Morgan fingerprint density at radius 1 is 1.19 bits per heavy atom. The molecule has 0 fully saturated rings. The molecule has 1 heterocycles. The molecule has 4 nitrogen and oxygen atoms in total. The lowest BCUT2D eigenvalue weighted by Gasteiger charge is -2.04. The van der Waals surface area contributed by atoms with E-state index in [-0.39, 0.29) is 0 Å². The summed E-state index contributed by atoms with van der Waals surface area (Å²) < 4.78 is 0. The molecule has 0 aliphatic heterocycles. The van der Waals surface area contributed by atoms with E-state index in [1.807, 2.05) is 6.92 Å². The van der Waals surface area contributed by atoms with Gasteiger partial charge in [0.15, 0.2) is 0 Å². The molecule has 0 bridgehead atoms. The van der Waals surface area contributed by atoms with Crippen LogP contribution in [-0.2, 0) is 0 Å². The van der Waals surface area contributed by atoms with Gasteiger partial charge in [0, 0.05) is 11.2 Å². The highest BCUT2D eigenvalue weighted by molar-refractivity contribution is 6.30. The number of H-pyrrole nitrogens is 2. The van der Waals surface area contributed by atoms with Gasteiger partial charge in [-0.3, -0.25) is 9.78 Å². The normalized spacial score (nSPS) is 10.4. The second-order valence-corrected chi connectivity index (χ2v) is 3.88. The first-order chi connectivity index (χ1) is 7.58. The number of aryl methyl sites for hydroxylation is 1. The fraction of sp³-hybridized carbons (Fsp3) is 0.0909. The molecular weight excluding hydrogens is 228 g/mol. The van der Waals surface area contributed by atoms with Crippen LogP contribution < -0.4 is 11.2 Å². The number of rotatable bonds is 1. The molecule has 1 aromatic carbocycles. The molecular formula is C11H9ClN2O2. The van der Waals surface area contributed by atoms with Crippen molar-refractivity contribution in [1.29, 1.82) is 0 Å². The Hall–Kier alpha value is -1.81. The molecule has 2 aromatic rings. The summed E-state index contributed by atoms with van der Waals surface area (Å²) in [6.07, 6.45) is 1.40. The molecule has 0 radical (unpaired) electrons. The summed E-state index contributed by atoms with van der Waals surface area (Å²) in [5.41, 5.74) is 1.13. The van der Waals surface area contributed by atoms with Crippen molar-refractivity contribution in [2.75, 3.05) is 0 Å². The van der Waals surface area contributed by atoms with Crippen LogP contribution in [0.1, 0.15) is 5.56 Å². The van der Waals surface area contributed by atoms with E-state index in [0.717, 1.165) is 11.1 Å². The van der Waals surface area contributed by atoms with E-state index in [2.05, 4.69) is 9.97 Å². The van der Waals surface area contributed by atoms with Crippen LogP contribution in [-0.4, -0.2) is 9.97 Å². The molecule has 2 N–H and O–H groups in total. The van der Waals surface area contributed by atoms with Gasteiger partial charge >= 0.3 is 5.69 Å². The SMILES string of the molecule is Cc1cc(Cl)ccc1-c1c[nH]c(=O)[nH]c1=O. The molecule has 0 aliphatic rings. The van der Waals surface area contributed by atoms with Crippen molar-refractivity contribution in [3.05, 3.63) is 55.8 Å². The fourth-order valence-electron chi connectivity index (χ4n) is 1.54. The Balaban J connectivity index is 2.68. The van der Waals surface area contributed by atoms with Gasteiger partial charge in [-0.2, -0.15) is 0 Å². The van der Waals surface area contributed by atoms with E-state index in [9.17, 15) is 9.59 Å². The highest BCUT2D eigenvalue weighted by Crippen LogP contribution is 2.22. The largest absolute Gasteiger partial charge is 0.325 e. The molecule has 2 rings (SSSR count). The minimum atomic E-state index is -0.514. The molecule has 82 valence electrons. The molecule has 0 spiro atoms. The van der Waals surface area contributed by atoms with Crippen molar-refractivity contribution in [3.8, 4) is 11.1 Å². The first-order valence-electron chi connectivity index (χ1n) is 4.66. The van der Waals surface area contributed by atoms with Crippen LogP contribution in [0, 0.1) is 6.92 Å². The molecule has 0 amide bonds. The minimum absolute atomic E-state index is 0.408. The van der Waals surface area contributed by atoms with Crippen LogP contribution in [0.4, 0.5) is 0 Å². The Kier molecular flexibility index (Phi) is 2.66. The average Bonchev–Trinajstić information content (AvgIpc) is 2.19. The van der Waals surface area contributed by atoms with Crippen molar-refractivity contribution >= 4 is 11.6 Å². The maximum atomic E-state index is 11.6. The number of nitrogens with one attached hydrogen (secondary N) is 2. The maximum Gasteiger partial charge on any atom is 0.325 e. The Labute approximate surface area is 95.9 Å². The molecule has 0 saturated carbocycles. The highest BCUT2D eigenvalue weighted by Gasteiger charge is 2.06. The third-order valence-electron chi connectivity index (χ3n) is 2.30. The van der Waals surface area contributed by atoms with Gasteiger partial charge in [0.2, 0.25) is 0 Å². The van der Waals surface area contributed by atoms with Crippen molar-refractivity contribution in [3.63, 3.8) is 0 Å². The first kappa shape index (κ1) is 10.7. The van der Waals surface area contributed by atoms with Crippen LogP contribution in [0.3, 0.4) is 0 Å². The second kappa shape index (κ2) is 3.98. The van der Waals surface area contributed by atoms with E-state index in [1.165, 1.54) is 6.20 Å². The number of hydrogen-bond acceptors (Lipinski definition) is 2. The van der Waals surface area contributed by atoms with Gasteiger partial charge in [-0.05, 0) is 30.2 Å². The van der Waals surface area contributed by atoms with E-state index in [0.29, 0.717) is 10.6 Å². The van der Waals surface area contributed by atoms with Crippen LogP contribution >= 0.6 is 11.6 Å². The molecule has 16 heavy (non-hydrogen) atoms. The Morgan fingerprint density at radius 2 is 1.94 bits per heavy atom. The predicted octanol–water partition coefficient (Wildman–Crippen LogP) is 1.69. The van der Waals surface area contributed by atoms with Gasteiger partial charge in [0.1, 0.15) is 0 Å². The summed E-state index contributed by atoms with van der Waals surface area (Å²) in [5, 5.41) is 0.613. The molecule has 0 atom stereocenters. The third-order valence-corrected chi connectivity index (χ3v) is 2.53. The Morgan fingerprint density at radius 3 is 2.56 bits per heavy atom. The van der Waals surface area contributed by atoms with Crippen LogP contribution in [0.15, 0.2) is 34.0 Å². The predicted molar refractivity (Wildman–Crippen MR) is 62.9 cm³/mol. The van der Waals surface area contributed by atoms with Gasteiger partial charge in [-0.1, -0.05) is 17.7 Å². The second-order valence-electron chi connectivity index (χ2n) is 3.44. The number of benzene rings is 1. The standard InChI is InChI=1S/C11H9ClN2O2/c1-6-4-7(12)2-3-8(6)9-5-13-11(16)14-10(9)15/h2-5H,1H3,(H2,13,14,15,16). The highest BCUT2D eigenvalue weighted by atomic mass is 35.5. The lowest BCUT2D eigenvalue weighted by molar-refractivity contribution is 1.04. The summed E-state index contributed by atoms with van der Waals surface area (Å²) in [7, 11) is 0. The lowest BCUT2D eigenvalue weighted by atomic mass is 10.0. The van der Waals surface area contributed by atoms with E-state index < -0.39 is 11.2 Å². The number of halogens is 1. The van der Waals surface area contributed by atoms with Crippen molar-refractivity contribution in [2.24, 2.45) is 0 Å². The van der Waals surface area contributed by atoms with E-state index in [4.69, 9.17) is 11.6 Å². The lowest BCUT2D eigenvalue weighted by Crippen LogP contribution is -2.22. The zero-order chi connectivity index (χ0) is 11.7. The van der Waals surface area contributed by atoms with E-state index in [1.54, 1.807) is 18.2 Å². The third kappa shape index (κ3) is 1.92. The van der Waals surface area contributed by atoms with Gasteiger partial charge < -0.3 is 4.98 Å². The van der Waals surface area contributed by atoms with Crippen molar-refractivity contribution in [2.45, 2.75) is 6.92 Å². The molecule has 5 heteroatoms. The number of aromatic amines is 2. The number of hydrogen-bond donors (Lipinski definition) is 2. The average molecular weight is 237 g/mol. The van der Waals surface area contributed by atoms with Gasteiger partial charge in [-0.25, -0.2) is 4.79 Å². The number of aromatic nitrogens is 2. The van der Waals surface area contributed by atoms with Crippen LogP contribution in [0.5, 0.6) is 0 Å². The summed E-state index contributed by atoms with van der Waals surface area (Å²) in [6, 6.07) is 5.22. The van der Waals surface area contributed by atoms with Crippen LogP contribution in [0.2, 0.25) is 5.02 Å². The van der Waals surface area contributed by atoms with Crippen molar-refractivity contribution < 1.29 is 0 Å². The minimum Gasteiger partial charge on any atom is -0.313 e. The van der Waals surface area contributed by atoms with Gasteiger partial charge in [-0.15, -0.1) is 0 Å². The topological polar surface area (TPSA) is 65.7 Å². The summed E-state index contributed by atoms with van der Waals surface area (Å²) >= 11 is 5.83. The molecule has 1 aromatic heterocycles. The molecule has 0 unspecified atom stereocenters. The summed E-state index contributed by atoms with van der Waals surface area (Å²) in [6.45, 7) is 1.85. The quantitative estimate of drug-likeness (QED) is 0.791. The zero-order valence-electron chi connectivity index (χ0n) is 8.50. The van der Waals surface area contributed by atoms with E-state index >= 15 is 0 Å². The molecule has 0 aliphatic carbocycles. The van der Waals surface area contributed by atoms with Gasteiger partial charge in [0.25, 0.3) is 5.56 Å².